The minimum atomic E-state index is -4.56. The van der Waals surface area contributed by atoms with Gasteiger partial charge in [0.15, 0.2) is 0 Å². The minimum absolute atomic E-state index is 0.0752. The molecule has 2 N–H and O–H groups in total. The Morgan fingerprint density at radius 3 is 2.26 bits per heavy atom. The monoisotopic (exact) mass is 322 g/mol. The number of benzene rings is 2. The second-order valence-corrected chi connectivity index (χ2v) is 5.87. The lowest BCUT2D eigenvalue weighted by atomic mass is 9.88. The Morgan fingerprint density at radius 2 is 1.74 bits per heavy atom. The van der Waals surface area contributed by atoms with Crippen molar-refractivity contribution in [2.75, 3.05) is 24.7 Å². The number of halogens is 3. The fourth-order valence-corrected chi connectivity index (χ4v) is 2.85. The summed E-state index contributed by atoms with van der Waals surface area (Å²) in [6, 6.07) is 10.9. The Hall–Kier alpha value is -2.37. The van der Waals surface area contributed by atoms with E-state index in [1.165, 1.54) is 18.2 Å². The molecular weight excluding hydrogens is 305 g/mol. The second-order valence-electron chi connectivity index (χ2n) is 5.87. The first kappa shape index (κ1) is 15.5. The molecule has 0 bridgehead atoms. The first-order chi connectivity index (χ1) is 10.7. The van der Waals surface area contributed by atoms with Crippen molar-refractivity contribution in [3.8, 4) is 5.75 Å². The van der Waals surface area contributed by atoms with Gasteiger partial charge in [-0.2, -0.15) is 13.2 Å². The summed E-state index contributed by atoms with van der Waals surface area (Å²) in [5.74, 6) is 0.194. The van der Waals surface area contributed by atoms with Crippen molar-refractivity contribution in [2.45, 2.75) is 18.2 Å². The van der Waals surface area contributed by atoms with Crippen LogP contribution in [-0.2, 0) is 12.0 Å². The van der Waals surface area contributed by atoms with Crippen molar-refractivity contribution in [2.24, 2.45) is 0 Å². The van der Waals surface area contributed by atoms with E-state index in [0.29, 0.717) is 11.3 Å². The first-order valence-electron chi connectivity index (χ1n) is 7.15. The molecule has 0 aromatic heterocycles. The first-order valence-corrected chi connectivity index (χ1v) is 7.15. The molecule has 3 nitrogen and oxygen atoms in total. The van der Waals surface area contributed by atoms with Gasteiger partial charge in [-0.3, -0.25) is 0 Å². The normalized spacial score (nSPS) is 20.0. The van der Waals surface area contributed by atoms with Crippen molar-refractivity contribution >= 4 is 11.4 Å². The highest BCUT2D eigenvalue weighted by Gasteiger charge is 2.61. The zero-order valence-electron chi connectivity index (χ0n) is 12.8. The van der Waals surface area contributed by atoms with E-state index in [9.17, 15) is 13.2 Å². The standard InChI is InChI=1S/C17H17F3N2O/c1-22(2)12-8-6-11(7-9-12)16(17(18,19)20)10-13-14(21)4-3-5-15(13)23-16/h3-9H,10,21H2,1-2H3. The summed E-state index contributed by atoms with van der Waals surface area (Å²) >= 11 is 0. The van der Waals surface area contributed by atoms with Gasteiger partial charge in [0.2, 0.25) is 5.60 Å². The lowest BCUT2D eigenvalue weighted by Gasteiger charge is -2.32. The molecule has 1 unspecified atom stereocenters. The van der Waals surface area contributed by atoms with E-state index in [1.54, 1.807) is 24.3 Å². The molecule has 0 fully saturated rings. The number of ether oxygens (including phenoxy) is 1. The van der Waals surface area contributed by atoms with Crippen molar-refractivity contribution in [3.05, 3.63) is 53.6 Å². The Bertz CT molecular complexity index is 726. The lowest BCUT2D eigenvalue weighted by molar-refractivity contribution is -0.248. The molecule has 23 heavy (non-hydrogen) atoms. The van der Waals surface area contributed by atoms with Gasteiger partial charge in [0.1, 0.15) is 5.75 Å². The van der Waals surface area contributed by atoms with Gasteiger partial charge in [-0.05, 0) is 24.3 Å². The highest BCUT2D eigenvalue weighted by molar-refractivity contribution is 5.59. The Morgan fingerprint density at radius 1 is 1.09 bits per heavy atom. The number of anilines is 2. The van der Waals surface area contributed by atoms with Crippen LogP contribution in [0.5, 0.6) is 5.75 Å². The maximum atomic E-state index is 13.9. The lowest BCUT2D eigenvalue weighted by Crippen LogP contribution is -2.46. The molecule has 0 saturated heterocycles. The molecule has 6 heteroatoms. The van der Waals surface area contributed by atoms with Gasteiger partial charge >= 0.3 is 6.18 Å². The van der Waals surface area contributed by atoms with Gasteiger partial charge < -0.3 is 15.4 Å². The Kier molecular flexibility index (Phi) is 3.43. The number of nitrogens with zero attached hydrogens (tertiary/aromatic N) is 1. The Balaban J connectivity index is 2.09. The molecule has 0 saturated carbocycles. The summed E-state index contributed by atoms with van der Waals surface area (Å²) in [5.41, 5.74) is 5.05. The highest BCUT2D eigenvalue weighted by atomic mass is 19.4. The molecular formula is C17H17F3N2O. The molecule has 0 amide bonds. The topological polar surface area (TPSA) is 38.5 Å². The third kappa shape index (κ3) is 2.38. The van der Waals surface area contributed by atoms with Crippen LogP contribution in [0.3, 0.4) is 0 Å². The summed E-state index contributed by atoms with van der Waals surface area (Å²) in [4.78, 5) is 1.83. The van der Waals surface area contributed by atoms with Crippen LogP contribution in [0.25, 0.3) is 0 Å². The summed E-state index contributed by atoms with van der Waals surface area (Å²) in [6.45, 7) is 0. The van der Waals surface area contributed by atoms with Crippen LogP contribution in [0.1, 0.15) is 11.1 Å². The maximum Gasteiger partial charge on any atom is 0.432 e. The number of hydrogen-bond donors (Lipinski definition) is 1. The van der Waals surface area contributed by atoms with Crippen LogP contribution < -0.4 is 15.4 Å². The molecule has 3 rings (SSSR count). The summed E-state index contributed by atoms with van der Waals surface area (Å²) in [7, 11) is 3.66. The molecule has 0 radical (unpaired) electrons. The van der Waals surface area contributed by atoms with Crippen molar-refractivity contribution in [3.63, 3.8) is 0 Å². The Labute approximate surface area is 132 Å². The van der Waals surface area contributed by atoms with Gasteiger partial charge in [0.25, 0.3) is 0 Å². The highest BCUT2D eigenvalue weighted by Crippen LogP contribution is 2.52. The average molecular weight is 322 g/mol. The van der Waals surface area contributed by atoms with E-state index in [2.05, 4.69) is 0 Å². The molecule has 1 heterocycles. The van der Waals surface area contributed by atoms with Crippen molar-refractivity contribution in [1.29, 1.82) is 0 Å². The summed E-state index contributed by atoms with van der Waals surface area (Å²) in [6.07, 6.45) is -4.88. The van der Waals surface area contributed by atoms with Crippen LogP contribution >= 0.6 is 0 Å². The third-order valence-electron chi connectivity index (χ3n) is 4.19. The zero-order chi connectivity index (χ0) is 16.8. The van der Waals surface area contributed by atoms with Gasteiger partial charge in [0, 0.05) is 43.0 Å². The number of nitrogens with two attached hydrogens (primary N) is 1. The molecule has 2 aromatic carbocycles. The number of nitrogen functional groups attached to an aromatic ring is 1. The molecule has 1 atom stereocenters. The van der Waals surface area contributed by atoms with Crippen LogP contribution in [0.15, 0.2) is 42.5 Å². The minimum Gasteiger partial charge on any atom is -0.472 e. The summed E-state index contributed by atoms with van der Waals surface area (Å²) in [5, 5.41) is 0. The maximum absolute atomic E-state index is 13.9. The molecule has 0 aliphatic carbocycles. The van der Waals surface area contributed by atoms with Crippen LogP contribution in [0.4, 0.5) is 24.5 Å². The number of alkyl halides is 3. The average Bonchev–Trinajstić information content (AvgIpc) is 2.89. The van der Waals surface area contributed by atoms with Crippen molar-refractivity contribution < 1.29 is 17.9 Å². The molecule has 0 spiro atoms. The number of hydrogen-bond acceptors (Lipinski definition) is 3. The van der Waals surface area contributed by atoms with E-state index in [1.807, 2.05) is 19.0 Å². The fourth-order valence-electron chi connectivity index (χ4n) is 2.85. The van der Waals surface area contributed by atoms with Gasteiger partial charge in [0.05, 0.1) is 0 Å². The quantitative estimate of drug-likeness (QED) is 0.856. The third-order valence-corrected chi connectivity index (χ3v) is 4.19. The number of fused-ring (bicyclic) bond motifs is 1. The van der Waals surface area contributed by atoms with Gasteiger partial charge in [-0.15, -0.1) is 0 Å². The van der Waals surface area contributed by atoms with E-state index in [-0.39, 0.29) is 17.7 Å². The number of rotatable bonds is 2. The largest absolute Gasteiger partial charge is 0.472 e. The second kappa shape index (κ2) is 5.08. The van der Waals surface area contributed by atoms with Crippen LogP contribution in [0.2, 0.25) is 0 Å². The zero-order valence-corrected chi connectivity index (χ0v) is 12.8. The van der Waals surface area contributed by atoms with Gasteiger partial charge in [-0.25, -0.2) is 0 Å². The molecule has 122 valence electrons. The molecule has 1 aliphatic heterocycles. The van der Waals surface area contributed by atoms with E-state index in [0.717, 1.165) is 5.69 Å². The van der Waals surface area contributed by atoms with Crippen molar-refractivity contribution in [1.82, 2.24) is 0 Å². The van der Waals surface area contributed by atoms with Crippen LogP contribution in [-0.4, -0.2) is 20.3 Å². The molecule has 2 aromatic rings. The van der Waals surface area contributed by atoms with Crippen LogP contribution in [0, 0.1) is 0 Å². The van der Waals surface area contributed by atoms with E-state index >= 15 is 0 Å². The van der Waals surface area contributed by atoms with E-state index < -0.39 is 11.8 Å². The fraction of sp³-hybridized carbons (Fsp3) is 0.294. The SMILES string of the molecule is CN(C)c1ccc(C2(C(F)(F)F)Cc3c(N)cccc3O2)cc1. The predicted octanol–water partition coefficient (Wildman–Crippen LogP) is 3.73. The molecule has 1 aliphatic rings. The smallest absolute Gasteiger partial charge is 0.432 e. The van der Waals surface area contributed by atoms with Gasteiger partial charge in [-0.1, -0.05) is 18.2 Å². The van der Waals surface area contributed by atoms with E-state index in [4.69, 9.17) is 10.5 Å². The summed E-state index contributed by atoms with van der Waals surface area (Å²) < 4.78 is 47.1. The predicted molar refractivity (Wildman–Crippen MR) is 83.7 cm³/mol.